The van der Waals surface area contributed by atoms with Crippen molar-refractivity contribution in [1.29, 1.82) is 0 Å². The van der Waals surface area contributed by atoms with E-state index >= 15 is 0 Å². The van der Waals surface area contributed by atoms with E-state index in [4.69, 9.17) is 0 Å². The Hall–Kier alpha value is -0.790. The first-order valence-corrected chi connectivity index (χ1v) is 18.9. The molecule has 0 aromatic carbocycles. The Labute approximate surface area is 253 Å². The fourth-order valence-electron chi connectivity index (χ4n) is 6.30. The molecule has 0 radical (unpaired) electrons. The Morgan fingerprint density at radius 3 is 1.18 bits per heavy atom. The van der Waals surface area contributed by atoms with E-state index in [1.807, 2.05) is 0 Å². The van der Waals surface area contributed by atoms with E-state index in [1.165, 1.54) is 206 Å². The van der Waals surface area contributed by atoms with Crippen LogP contribution in [0, 0.1) is 0 Å². The van der Waals surface area contributed by atoms with E-state index < -0.39 is 0 Å². The number of hydrogen-bond acceptors (Lipinski definition) is 0. The first-order valence-electron chi connectivity index (χ1n) is 18.9. The summed E-state index contributed by atoms with van der Waals surface area (Å²) >= 11 is 0. The van der Waals surface area contributed by atoms with E-state index in [9.17, 15) is 0 Å². The Balaban J connectivity index is 2.06. The van der Waals surface area contributed by atoms with Crippen molar-refractivity contribution >= 4 is 0 Å². The average molecular weight is 560 g/mol. The van der Waals surface area contributed by atoms with Gasteiger partial charge in [-0.1, -0.05) is 175 Å². The minimum absolute atomic E-state index is 1.22. The molecule has 0 saturated heterocycles. The Bertz CT molecular complexity index is 619. The maximum Gasteiger partial charge on any atom is 0.256 e. The lowest BCUT2D eigenvalue weighted by atomic mass is 10.0. The summed E-state index contributed by atoms with van der Waals surface area (Å²) in [5, 5.41) is 0. The zero-order valence-electron chi connectivity index (χ0n) is 28.2. The second-order valence-corrected chi connectivity index (χ2v) is 13.0. The van der Waals surface area contributed by atoms with E-state index in [-0.39, 0.29) is 0 Å². The number of imidazole rings is 1. The third-order valence-corrected chi connectivity index (χ3v) is 9.10. The number of aryl methyl sites for hydroxylation is 2. The van der Waals surface area contributed by atoms with Gasteiger partial charge < -0.3 is 0 Å². The standard InChI is InChI=1S/C38H75N2/c1-4-7-10-12-14-16-18-19-20-21-22-24-26-28-30-32-35-40-37-36-39(38(40)33-9-6-3)34-31-29-27-25-23-17-15-13-11-8-5-2/h36-37H,4-35H2,1-3H3/q+1. The molecule has 1 aromatic heterocycles. The molecule has 1 aromatic rings. The maximum atomic E-state index is 2.60. The summed E-state index contributed by atoms with van der Waals surface area (Å²) in [6.07, 6.45) is 47.5. The van der Waals surface area contributed by atoms with Crippen LogP contribution in [0.3, 0.4) is 0 Å². The summed E-state index contributed by atoms with van der Waals surface area (Å²) in [5.74, 6) is 1.59. The number of hydrogen-bond donors (Lipinski definition) is 0. The summed E-state index contributed by atoms with van der Waals surface area (Å²) in [7, 11) is 0. The highest BCUT2D eigenvalue weighted by atomic mass is 15.1. The third kappa shape index (κ3) is 21.9. The molecule has 236 valence electrons. The molecule has 0 bridgehead atoms. The Kier molecular flexibility index (Phi) is 27.6. The summed E-state index contributed by atoms with van der Waals surface area (Å²) in [6, 6.07) is 0. The summed E-state index contributed by atoms with van der Waals surface area (Å²) in [4.78, 5) is 0. The molecule has 0 saturated carbocycles. The van der Waals surface area contributed by atoms with Crippen LogP contribution in [0.15, 0.2) is 12.4 Å². The molecular weight excluding hydrogens is 484 g/mol. The lowest BCUT2D eigenvalue weighted by Gasteiger charge is -2.06. The van der Waals surface area contributed by atoms with E-state index in [0.29, 0.717) is 0 Å². The minimum atomic E-state index is 1.22. The van der Waals surface area contributed by atoms with Crippen molar-refractivity contribution in [3.05, 3.63) is 18.2 Å². The monoisotopic (exact) mass is 560 g/mol. The molecule has 0 aliphatic carbocycles. The second-order valence-electron chi connectivity index (χ2n) is 13.0. The highest BCUT2D eigenvalue weighted by Gasteiger charge is 2.16. The van der Waals surface area contributed by atoms with Crippen LogP contribution in [0.25, 0.3) is 0 Å². The molecule has 1 heterocycles. The van der Waals surface area contributed by atoms with Crippen molar-refractivity contribution in [2.75, 3.05) is 0 Å². The summed E-state index contributed by atoms with van der Waals surface area (Å²) in [6.45, 7) is 9.39. The molecule has 2 nitrogen and oxygen atoms in total. The van der Waals surface area contributed by atoms with Crippen LogP contribution in [-0.2, 0) is 19.5 Å². The van der Waals surface area contributed by atoms with Gasteiger partial charge in [0.2, 0.25) is 0 Å². The van der Waals surface area contributed by atoms with Crippen molar-refractivity contribution in [3.63, 3.8) is 0 Å². The first kappa shape index (κ1) is 37.2. The van der Waals surface area contributed by atoms with Gasteiger partial charge in [0.15, 0.2) is 0 Å². The lowest BCUT2D eigenvalue weighted by molar-refractivity contribution is -0.704. The third-order valence-electron chi connectivity index (χ3n) is 9.10. The highest BCUT2D eigenvalue weighted by Crippen LogP contribution is 2.15. The second kappa shape index (κ2) is 29.7. The van der Waals surface area contributed by atoms with Gasteiger partial charge in [-0.2, -0.15) is 0 Å². The quantitative estimate of drug-likeness (QED) is 0.0613. The molecule has 40 heavy (non-hydrogen) atoms. The van der Waals surface area contributed by atoms with Crippen molar-refractivity contribution in [3.8, 4) is 0 Å². The molecule has 1 rings (SSSR count). The molecule has 0 unspecified atom stereocenters. The van der Waals surface area contributed by atoms with Gasteiger partial charge in [-0.15, -0.1) is 0 Å². The normalized spacial score (nSPS) is 11.6. The van der Waals surface area contributed by atoms with Crippen LogP contribution in [0.1, 0.15) is 213 Å². The largest absolute Gasteiger partial charge is 0.256 e. The van der Waals surface area contributed by atoms with Crippen LogP contribution in [0.5, 0.6) is 0 Å². The Morgan fingerprint density at radius 2 is 0.775 bits per heavy atom. The number of nitrogens with zero attached hydrogens (tertiary/aromatic N) is 2. The maximum absolute atomic E-state index is 2.60. The van der Waals surface area contributed by atoms with Crippen LogP contribution in [0.4, 0.5) is 0 Å². The van der Waals surface area contributed by atoms with Gasteiger partial charge >= 0.3 is 0 Å². The predicted octanol–water partition coefficient (Wildman–Crippen LogP) is 12.7. The van der Waals surface area contributed by atoms with Gasteiger partial charge in [0.25, 0.3) is 5.82 Å². The smallest absolute Gasteiger partial charge is 0.234 e. The fraction of sp³-hybridized carbons (Fsp3) is 0.921. The molecule has 0 fully saturated rings. The predicted molar refractivity (Wildman–Crippen MR) is 179 cm³/mol. The number of unbranched alkanes of at least 4 members (excludes halogenated alkanes) is 26. The Morgan fingerprint density at radius 1 is 0.425 bits per heavy atom. The lowest BCUT2D eigenvalue weighted by Crippen LogP contribution is -2.37. The number of aromatic nitrogens is 2. The van der Waals surface area contributed by atoms with Gasteiger partial charge in [-0.3, -0.25) is 0 Å². The van der Waals surface area contributed by atoms with Crippen molar-refractivity contribution in [1.82, 2.24) is 4.57 Å². The van der Waals surface area contributed by atoms with E-state index in [1.54, 1.807) is 5.82 Å². The summed E-state index contributed by atoms with van der Waals surface area (Å²) < 4.78 is 5.19. The van der Waals surface area contributed by atoms with Gasteiger partial charge in [0.1, 0.15) is 12.4 Å². The zero-order valence-corrected chi connectivity index (χ0v) is 28.2. The van der Waals surface area contributed by atoms with Crippen LogP contribution < -0.4 is 4.57 Å². The minimum Gasteiger partial charge on any atom is -0.234 e. The highest BCUT2D eigenvalue weighted by molar-refractivity contribution is 4.84. The van der Waals surface area contributed by atoms with E-state index in [2.05, 4.69) is 42.3 Å². The molecule has 0 aliphatic rings. The van der Waals surface area contributed by atoms with Crippen LogP contribution in [-0.4, -0.2) is 4.57 Å². The fourth-order valence-corrected chi connectivity index (χ4v) is 6.30. The van der Waals surface area contributed by atoms with Gasteiger partial charge in [0, 0.05) is 6.42 Å². The number of rotatable bonds is 32. The van der Waals surface area contributed by atoms with Gasteiger partial charge in [-0.05, 0) is 32.1 Å². The average Bonchev–Trinajstić information content (AvgIpc) is 3.35. The topological polar surface area (TPSA) is 8.81 Å². The molecule has 0 spiro atoms. The van der Waals surface area contributed by atoms with E-state index in [0.717, 1.165) is 0 Å². The first-order chi connectivity index (χ1) is 19.8. The zero-order chi connectivity index (χ0) is 28.8. The van der Waals surface area contributed by atoms with Crippen LogP contribution >= 0.6 is 0 Å². The molecular formula is C38H75N2+. The van der Waals surface area contributed by atoms with Gasteiger partial charge in [0.05, 0.1) is 13.1 Å². The van der Waals surface area contributed by atoms with Crippen LogP contribution in [0.2, 0.25) is 0 Å². The summed E-state index contributed by atoms with van der Waals surface area (Å²) in [5.41, 5.74) is 0. The molecule has 2 heteroatoms. The van der Waals surface area contributed by atoms with Crippen molar-refractivity contribution in [2.24, 2.45) is 0 Å². The molecule has 0 aliphatic heterocycles. The molecule has 0 atom stereocenters. The van der Waals surface area contributed by atoms with Gasteiger partial charge in [-0.25, -0.2) is 9.13 Å². The molecule has 0 N–H and O–H groups in total. The van der Waals surface area contributed by atoms with Crippen molar-refractivity contribution < 1.29 is 4.57 Å². The van der Waals surface area contributed by atoms with Crippen molar-refractivity contribution in [2.45, 2.75) is 226 Å². The SMILES string of the molecule is CCCCCCCCCCCCCCCCCC[n+]1ccn(CCCCCCCCCCCCC)c1CCCC. The molecule has 0 amide bonds.